The van der Waals surface area contributed by atoms with Crippen molar-refractivity contribution in [2.24, 2.45) is 11.8 Å². The SMILES string of the molecule is CCCC(CC)C(C)CS. The molecule has 0 aliphatic rings. The topological polar surface area (TPSA) is 0 Å². The summed E-state index contributed by atoms with van der Waals surface area (Å²) in [5.74, 6) is 2.74. The fraction of sp³-hybridized carbons (Fsp3) is 1.00. The van der Waals surface area contributed by atoms with E-state index < -0.39 is 0 Å². The molecule has 0 bridgehead atoms. The molecule has 0 heterocycles. The Balaban J connectivity index is 3.56. The molecule has 2 atom stereocenters. The Morgan fingerprint density at radius 1 is 1.30 bits per heavy atom. The number of hydrogen-bond donors (Lipinski definition) is 1. The fourth-order valence-corrected chi connectivity index (χ4v) is 1.71. The van der Waals surface area contributed by atoms with Gasteiger partial charge in [-0.1, -0.05) is 40.0 Å². The van der Waals surface area contributed by atoms with Crippen LogP contribution >= 0.6 is 12.6 Å². The number of thiol groups is 1. The fourth-order valence-electron chi connectivity index (χ4n) is 1.41. The molecule has 0 amide bonds. The molecule has 1 heteroatoms. The van der Waals surface area contributed by atoms with Gasteiger partial charge in [0.2, 0.25) is 0 Å². The first-order valence-electron chi connectivity index (χ1n) is 4.37. The number of rotatable bonds is 5. The molecule has 0 saturated heterocycles. The molecular weight excluding hydrogens is 140 g/mol. The summed E-state index contributed by atoms with van der Waals surface area (Å²) in [6.45, 7) is 6.84. The lowest BCUT2D eigenvalue weighted by molar-refractivity contribution is 0.351. The molecule has 0 spiro atoms. The lowest BCUT2D eigenvalue weighted by atomic mass is 9.89. The van der Waals surface area contributed by atoms with E-state index in [0.717, 1.165) is 17.6 Å². The van der Waals surface area contributed by atoms with Crippen molar-refractivity contribution in [3.8, 4) is 0 Å². The van der Waals surface area contributed by atoms with Crippen molar-refractivity contribution in [1.29, 1.82) is 0 Å². The van der Waals surface area contributed by atoms with Crippen LogP contribution in [0.1, 0.15) is 40.0 Å². The van der Waals surface area contributed by atoms with Crippen LogP contribution in [0, 0.1) is 11.8 Å². The Kier molecular flexibility index (Phi) is 6.30. The largest absolute Gasteiger partial charge is 0.179 e. The molecule has 0 aliphatic heterocycles. The lowest BCUT2D eigenvalue weighted by Crippen LogP contribution is -2.11. The van der Waals surface area contributed by atoms with Crippen LogP contribution in [-0.2, 0) is 0 Å². The zero-order valence-electron chi connectivity index (χ0n) is 7.43. The molecule has 2 unspecified atom stereocenters. The highest BCUT2D eigenvalue weighted by Crippen LogP contribution is 2.21. The van der Waals surface area contributed by atoms with Crippen LogP contribution in [0.2, 0.25) is 0 Å². The van der Waals surface area contributed by atoms with Crippen LogP contribution in [0.25, 0.3) is 0 Å². The van der Waals surface area contributed by atoms with Gasteiger partial charge in [0, 0.05) is 0 Å². The molecule has 0 aliphatic carbocycles. The predicted molar refractivity (Wildman–Crippen MR) is 51.7 cm³/mol. The van der Waals surface area contributed by atoms with Crippen molar-refractivity contribution in [2.75, 3.05) is 5.75 Å². The summed E-state index contributed by atoms with van der Waals surface area (Å²) in [6, 6.07) is 0. The summed E-state index contributed by atoms with van der Waals surface area (Å²) < 4.78 is 0. The molecule has 10 heavy (non-hydrogen) atoms. The molecule has 0 rings (SSSR count). The molecule has 0 radical (unpaired) electrons. The Morgan fingerprint density at radius 2 is 1.90 bits per heavy atom. The van der Waals surface area contributed by atoms with Crippen LogP contribution in [0.15, 0.2) is 0 Å². The monoisotopic (exact) mass is 160 g/mol. The first kappa shape index (κ1) is 10.3. The highest BCUT2D eigenvalue weighted by molar-refractivity contribution is 7.80. The number of hydrogen-bond acceptors (Lipinski definition) is 1. The van der Waals surface area contributed by atoms with Crippen LogP contribution in [0.4, 0.5) is 0 Å². The van der Waals surface area contributed by atoms with Crippen LogP contribution < -0.4 is 0 Å². The quantitative estimate of drug-likeness (QED) is 0.586. The zero-order chi connectivity index (χ0) is 7.98. The highest BCUT2D eigenvalue weighted by Gasteiger charge is 2.11. The normalized spacial score (nSPS) is 16.8. The van der Waals surface area contributed by atoms with Crippen LogP contribution in [0.5, 0.6) is 0 Å². The summed E-state index contributed by atoms with van der Waals surface area (Å²) in [7, 11) is 0. The van der Waals surface area contributed by atoms with Gasteiger partial charge in [-0.25, -0.2) is 0 Å². The van der Waals surface area contributed by atoms with Gasteiger partial charge in [-0.15, -0.1) is 0 Å². The Bertz CT molecular complexity index is 71.1. The maximum atomic E-state index is 4.30. The van der Waals surface area contributed by atoms with E-state index in [4.69, 9.17) is 0 Å². The minimum atomic E-state index is 0.799. The van der Waals surface area contributed by atoms with Crippen molar-refractivity contribution in [3.05, 3.63) is 0 Å². The summed E-state index contributed by atoms with van der Waals surface area (Å²) in [5, 5.41) is 0. The molecule has 0 aromatic rings. The maximum absolute atomic E-state index is 4.30. The van der Waals surface area contributed by atoms with Crippen LogP contribution in [-0.4, -0.2) is 5.75 Å². The standard InChI is InChI=1S/C9H20S/c1-4-6-9(5-2)8(3)7-10/h8-10H,4-7H2,1-3H3. The minimum Gasteiger partial charge on any atom is -0.179 e. The van der Waals surface area contributed by atoms with Crippen molar-refractivity contribution >= 4 is 12.6 Å². The van der Waals surface area contributed by atoms with E-state index in [0.29, 0.717) is 0 Å². The molecule has 0 saturated carbocycles. The van der Waals surface area contributed by atoms with Gasteiger partial charge in [0.15, 0.2) is 0 Å². The van der Waals surface area contributed by atoms with E-state index in [1.54, 1.807) is 0 Å². The minimum absolute atomic E-state index is 0.799. The second-order valence-electron chi connectivity index (χ2n) is 3.12. The predicted octanol–water partition coefficient (Wildman–Crippen LogP) is 3.38. The smallest absolute Gasteiger partial charge is 0.00695 e. The Hall–Kier alpha value is 0.350. The zero-order valence-corrected chi connectivity index (χ0v) is 8.32. The van der Waals surface area contributed by atoms with Gasteiger partial charge in [-0.05, 0) is 17.6 Å². The van der Waals surface area contributed by atoms with Gasteiger partial charge in [0.1, 0.15) is 0 Å². The van der Waals surface area contributed by atoms with Gasteiger partial charge in [0.05, 0.1) is 0 Å². The molecular formula is C9H20S. The molecule has 0 aromatic carbocycles. The van der Waals surface area contributed by atoms with E-state index in [1.165, 1.54) is 19.3 Å². The maximum Gasteiger partial charge on any atom is -0.00695 e. The Labute approximate surface area is 70.8 Å². The van der Waals surface area contributed by atoms with Gasteiger partial charge < -0.3 is 0 Å². The van der Waals surface area contributed by atoms with Crippen molar-refractivity contribution in [3.63, 3.8) is 0 Å². The average molecular weight is 160 g/mol. The third-order valence-electron chi connectivity index (χ3n) is 2.28. The summed E-state index contributed by atoms with van der Waals surface area (Å²) in [4.78, 5) is 0. The highest BCUT2D eigenvalue weighted by atomic mass is 32.1. The van der Waals surface area contributed by atoms with Crippen LogP contribution in [0.3, 0.4) is 0 Å². The van der Waals surface area contributed by atoms with Gasteiger partial charge in [0.25, 0.3) is 0 Å². The van der Waals surface area contributed by atoms with E-state index >= 15 is 0 Å². The van der Waals surface area contributed by atoms with E-state index in [2.05, 4.69) is 33.4 Å². The third-order valence-corrected chi connectivity index (χ3v) is 2.85. The van der Waals surface area contributed by atoms with E-state index in [-0.39, 0.29) is 0 Å². The molecule has 62 valence electrons. The van der Waals surface area contributed by atoms with Crippen molar-refractivity contribution < 1.29 is 0 Å². The van der Waals surface area contributed by atoms with E-state index in [9.17, 15) is 0 Å². The summed E-state index contributed by atoms with van der Waals surface area (Å²) >= 11 is 4.30. The van der Waals surface area contributed by atoms with Gasteiger partial charge >= 0.3 is 0 Å². The second-order valence-corrected chi connectivity index (χ2v) is 3.48. The average Bonchev–Trinajstić information content (AvgIpc) is 1.99. The van der Waals surface area contributed by atoms with Gasteiger partial charge in [-0.2, -0.15) is 12.6 Å². The lowest BCUT2D eigenvalue weighted by Gasteiger charge is -2.19. The molecule has 0 N–H and O–H groups in total. The Morgan fingerprint density at radius 3 is 2.20 bits per heavy atom. The summed E-state index contributed by atoms with van der Waals surface area (Å²) in [5.41, 5.74) is 0. The van der Waals surface area contributed by atoms with Crippen molar-refractivity contribution in [1.82, 2.24) is 0 Å². The first-order chi connectivity index (χ1) is 4.76. The second kappa shape index (κ2) is 6.09. The summed E-state index contributed by atoms with van der Waals surface area (Å²) in [6.07, 6.45) is 4.00. The first-order valence-corrected chi connectivity index (χ1v) is 5.00. The van der Waals surface area contributed by atoms with Gasteiger partial charge in [-0.3, -0.25) is 0 Å². The molecule has 0 fully saturated rings. The van der Waals surface area contributed by atoms with Crippen molar-refractivity contribution in [2.45, 2.75) is 40.0 Å². The third kappa shape index (κ3) is 3.50. The van der Waals surface area contributed by atoms with E-state index in [1.807, 2.05) is 0 Å². The molecule has 0 aromatic heterocycles. The molecule has 0 nitrogen and oxygen atoms in total.